The molecule has 0 unspecified atom stereocenters. The first-order valence-electron chi connectivity index (χ1n) is 6.37. The molecule has 5 nitrogen and oxygen atoms in total. The summed E-state index contributed by atoms with van der Waals surface area (Å²) in [5.41, 5.74) is 0.929. The summed E-state index contributed by atoms with van der Waals surface area (Å²) in [5, 5.41) is 2.72. The summed E-state index contributed by atoms with van der Waals surface area (Å²) >= 11 is 0. The van der Waals surface area contributed by atoms with E-state index in [1.807, 2.05) is 37.3 Å². The molecule has 0 radical (unpaired) electrons. The zero-order valence-electron chi connectivity index (χ0n) is 11.4. The van der Waals surface area contributed by atoms with Crippen molar-refractivity contribution in [3.8, 4) is 0 Å². The van der Waals surface area contributed by atoms with Crippen LogP contribution in [0.4, 0.5) is 4.79 Å². The molecule has 2 rings (SSSR count). The average molecular weight is 262 g/mol. The first-order valence-corrected chi connectivity index (χ1v) is 6.37. The predicted octanol–water partition coefficient (Wildman–Crippen LogP) is 2.35. The predicted molar refractivity (Wildman–Crippen MR) is 70.0 cm³/mol. The number of nitrogens with zero attached hydrogens (tertiary/aromatic N) is 2. The fraction of sp³-hybridized carbons (Fsp3) is 0.429. The summed E-state index contributed by atoms with van der Waals surface area (Å²) in [5.74, 6) is -0.258. The van der Waals surface area contributed by atoms with Gasteiger partial charge in [-0.05, 0) is 12.5 Å². The largest absolute Gasteiger partial charge is 0.438 e. The molecule has 1 aromatic carbocycles. The van der Waals surface area contributed by atoms with Crippen LogP contribution < -0.4 is 0 Å². The molecule has 0 aliphatic carbocycles. The van der Waals surface area contributed by atoms with Crippen molar-refractivity contribution in [2.75, 3.05) is 7.05 Å². The second kappa shape index (κ2) is 5.40. The van der Waals surface area contributed by atoms with Crippen LogP contribution in [0, 0.1) is 0 Å². The SMILES string of the molecule is CCC(=O)N1C(=O)O[C@@H](c2ccccc2)[C@H](C)N1C. The molecular weight excluding hydrogens is 244 g/mol. The van der Waals surface area contributed by atoms with E-state index in [1.54, 1.807) is 19.0 Å². The topological polar surface area (TPSA) is 49.9 Å². The molecule has 1 aromatic rings. The number of benzene rings is 1. The standard InChI is InChI=1S/C14H18N2O3/c1-4-12(17)16-14(18)19-13(10(2)15(16)3)11-8-6-5-7-9-11/h5-10,13H,4H2,1-3H3/t10-,13+/m0/s1. The number of likely N-dealkylation sites (N-methyl/N-ethyl adjacent to an activating group) is 1. The fourth-order valence-electron chi connectivity index (χ4n) is 2.18. The van der Waals surface area contributed by atoms with Crippen molar-refractivity contribution >= 4 is 12.0 Å². The van der Waals surface area contributed by atoms with E-state index in [9.17, 15) is 9.59 Å². The lowest BCUT2D eigenvalue weighted by Gasteiger charge is -2.42. The molecule has 1 aliphatic rings. The average Bonchev–Trinajstić information content (AvgIpc) is 2.43. The van der Waals surface area contributed by atoms with Gasteiger partial charge in [0.25, 0.3) is 0 Å². The minimum atomic E-state index is -0.610. The number of imide groups is 1. The number of carbonyl (C=O) groups excluding carboxylic acids is 2. The maximum absolute atomic E-state index is 12.0. The van der Waals surface area contributed by atoms with Crippen LogP contribution in [0.2, 0.25) is 0 Å². The van der Waals surface area contributed by atoms with Gasteiger partial charge >= 0.3 is 6.09 Å². The Balaban J connectivity index is 2.25. The quantitative estimate of drug-likeness (QED) is 0.821. The van der Waals surface area contributed by atoms with E-state index in [4.69, 9.17) is 4.74 Å². The van der Waals surface area contributed by atoms with Crippen LogP contribution >= 0.6 is 0 Å². The van der Waals surface area contributed by atoms with Gasteiger partial charge in [-0.15, -0.1) is 0 Å². The van der Waals surface area contributed by atoms with Crippen molar-refractivity contribution in [1.82, 2.24) is 10.0 Å². The number of cyclic esters (lactones) is 1. The van der Waals surface area contributed by atoms with E-state index in [2.05, 4.69) is 0 Å². The van der Waals surface area contributed by atoms with E-state index in [0.29, 0.717) is 0 Å². The van der Waals surface area contributed by atoms with Gasteiger partial charge in [-0.1, -0.05) is 37.3 Å². The summed E-state index contributed by atoms with van der Waals surface area (Å²) in [4.78, 5) is 23.7. The summed E-state index contributed by atoms with van der Waals surface area (Å²) < 4.78 is 5.42. The second-order valence-corrected chi connectivity index (χ2v) is 4.59. The molecule has 2 amide bonds. The first-order chi connectivity index (χ1) is 9.06. The number of rotatable bonds is 2. The van der Waals surface area contributed by atoms with Crippen LogP contribution in [0.25, 0.3) is 0 Å². The monoisotopic (exact) mass is 262 g/mol. The van der Waals surface area contributed by atoms with Crippen molar-refractivity contribution < 1.29 is 14.3 Å². The van der Waals surface area contributed by atoms with Crippen LogP contribution in [0.3, 0.4) is 0 Å². The Bertz CT molecular complexity index is 475. The number of carbonyl (C=O) groups is 2. The van der Waals surface area contributed by atoms with E-state index in [1.165, 1.54) is 0 Å². The second-order valence-electron chi connectivity index (χ2n) is 4.59. The number of hydrogen-bond acceptors (Lipinski definition) is 4. The lowest BCUT2D eigenvalue weighted by atomic mass is 10.0. The normalized spacial score (nSPS) is 24.2. The van der Waals surface area contributed by atoms with Gasteiger partial charge < -0.3 is 4.74 Å². The van der Waals surface area contributed by atoms with Crippen molar-refractivity contribution in [1.29, 1.82) is 0 Å². The molecule has 0 spiro atoms. The molecule has 2 atom stereocenters. The fourth-order valence-corrected chi connectivity index (χ4v) is 2.18. The van der Waals surface area contributed by atoms with Crippen LogP contribution in [0.1, 0.15) is 31.9 Å². The number of ether oxygens (including phenoxy) is 1. The van der Waals surface area contributed by atoms with Crippen LogP contribution in [0.5, 0.6) is 0 Å². The Morgan fingerprint density at radius 1 is 1.32 bits per heavy atom. The zero-order valence-corrected chi connectivity index (χ0v) is 11.4. The Kier molecular flexibility index (Phi) is 3.85. The Hall–Kier alpha value is -1.88. The van der Waals surface area contributed by atoms with E-state index >= 15 is 0 Å². The molecule has 1 heterocycles. The van der Waals surface area contributed by atoms with Crippen LogP contribution in [-0.2, 0) is 9.53 Å². The van der Waals surface area contributed by atoms with Crippen molar-refractivity contribution in [2.45, 2.75) is 32.4 Å². The molecule has 0 N–H and O–H groups in total. The maximum Gasteiger partial charge on any atom is 0.432 e. The molecule has 0 saturated carbocycles. The smallest absolute Gasteiger partial charge is 0.432 e. The molecule has 1 fully saturated rings. The third kappa shape index (κ3) is 2.46. The highest BCUT2D eigenvalue weighted by Gasteiger charge is 2.40. The Labute approximate surface area is 112 Å². The Morgan fingerprint density at radius 2 is 1.95 bits per heavy atom. The molecule has 0 bridgehead atoms. The zero-order chi connectivity index (χ0) is 14.0. The third-order valence-corrected chi connectivity index (χ3v) is 3.41. The van der Waals surface area contributed by atoms with Gasteiger partial charge in [0.15, 0.2) is 0 Å². The number of hydrazine groups is 1. The summed E-state index contributed by atoms with van der Waals surface area (Å²) in [6.45, 7) is 3.65. The molecule has 5 heteroatoms. The number of hydrogen-bond donors (Lipinski definition) is 0. The molecule has 1 saturated heterocycles. The van der Waals surface area contributed by atoms with Gasteiger partial charge in [0.2, 0.25) is 5.91 Å². The van der Waals surface area contributed by atoms with Gasteiger partial charge in [-0.25, -0.2) is 9.80 Å². The van der Waals surface area contributed by atoms with E-state index < -0.39 is 6.09 Å². The summed E-state index contributed by atoms with van der Waals surface area (Å²) in [6.07, 6.45) is -0.705. The lowest BCUT2D eigenvalue weighted by Crippen LogP contribution is -2.58. The van der Waals surface area contributed by atoms with Gasteiger partial charge in [-0.3, -0.25) is 4.79 Å². The highest BCUT2D eigenvalue weighted by molar-refractivity contribution is 5.91. The van der Waals surface area contributed by atoms with Crippen molar-refractivity contribution in [3.63, 3.8) is 0 Å². The maximum atomic E-state index is 12.0. The van der Waals surface area contributed by atoms with Gasteiger partial charge in [-0.2, -0.15) is 5.01 Å². The molecule has 1 aliphatic heterocycles. The third-order valence-electron chi connectivity index (χ3n) is 3.41. The van der Waals surface area contributed by atoms with Crippen LogP contribution in [-0.4, -0.2) is 35.1 Å². The minimum absolute atomic E-state index is 0.101. The van der Waals surface area contributed by atoms with Crippen molar-refractivity contribution in [3.05, 3.63) is 35.9 Å². The molecular formula is C14H18N2O3. The van der Waals surface area contributed by atoms with E-state index in [0.717, 1.165) is 10.6 Å². The summed E-state index contributed by atoms with van der Waals surface area (Å²) in [6, 6.07) is 9.45. The van der Waals surface area contributed by atoms with Gasteiger partial charge in [0.05, 0.1) is 6.04 Å². The Morgan fingerprint density at radius 3 is 2.53 bits per heavy atom. The molecule has 102 valence electrons. The number of amides is 2. The first kappa shape index (κ1) is 13.5. The summed E-state index contributed by atoms with van der Waals surface area (Å²) in [7, 11) is 1.73. The van der Waals surface area contributed by atoms with E-state index in [-0.39, 0.29) is 24.5 Å². The molecule has 19 heavy (non-hydrogen) atoms. The van der Waals surface area contributed by atoms with Gasteiger partial charge in [0, 0.05) is 13.5 Å². The lowest BCUT2D eigenvalue weighted by molar-refractivity contribution is -0.162. The van der Waals surface area contributed by atoms with Crippen LogP contribution in [0.15, 0.2) is 30.3 Å². The molecule has 0 aromatic heterocycles. The highest BCUT2D eigenvalue weighted by atomic mass is 16.6. The highest BCUT2D eigenvalue weighted by Crippen LogP contribution is 2.30. The van der Waals surface area contributed by atoms with Gasteiger partial charge in [0.1, 0.15) is 6.10 Å². The minimum Gasteiger partial charge on any atom is -0.438 e. The van der Waals surface area contributed by atoms with Crippen molar-refractivity contribution in [2.24, 2.45) is 0 Å².